The molecule has 0 saturated carbocycles. The quantitative estimate of drug-likeness (QED) is 0.457. The second-order valence-corrected chi connectivity index (χ2v) is 4.98. The van der Waals surface area contributed by atoms with Crippen molar-refractivity contribution in [1.82, 2.24) is 9.78 Å². The van der Waals surface area contributed by atoms with E-state index in [1.54, 1.807) is 26.0 Å². The number of ether oxygens (including phenoxy) is 1. The molecule has 2 rings (SSSR count). The molecule has 0 aliphatic heterocycles. The summed E-state index contributed by atoms with van der Waals surface area (Å²) in [5.74, 6) is -0.518. The van der Waals surface area contributed by atoms with Crippen molar-refractivity contribution in [2.24, 2.45) is 0 Å². The Hall–Kier alpha value is -3.03. The molecule has 0 saturated heterocycles. The molecule has 0 fully saturated rings. The number of nitro groups is 1. The van der Waals surface area contributed by atoms with Gasteiger partial charge in [0.2, 0.25) is 0 Å². The molecule has 1 aromatic carbocycles. The number of nitro benzene ring substituents is 1. The van der Waals surface area contributed by atoms with Crippen LogP contribution in [0.5, 0.6) is 0 Å². The van der Waals surface area contributed by atoms with E-state index in [0.29, 0.717) is 17.7 Å². The number of hydrogen-bond donors (Lipinski definition) is 0. The van der Waals surface area contributed by atoms with Crippen LogP contribution in [0.15, 0.2) is 41.2 Å². The van der Waals surface area contributed by atoms with Crippen LogP contribution < -0.4 is 5.56 Å². The first-order valence-electron chi connectivity index (χ1n) is 7.49. The van der Waals surface area contributed by atoms with Crippen molar-refractivity contribution in [3.8, 4) is 11.3 Å². The summed E-state index contributed by atoms with van der Waals surface area (Å²) >= 11 is 0. The SMILES string of the molecule is CCOC(=O)[C@@H](CC)n1nc(-c2ccc([N+](=O)[O-])cc2)ccc1=O. The van der Waals surface area contributed by atoms with Gasteiger partial charge in [0.15, 0.2) is 6.04 Å². The Kier molecular flexibility index (Phi) is 5.41. The van der Waals surface area contributed by atoms with Gasteiger partial charge in [-0.3, -0.25) is 14.9 Å². The number of benzene rings is 1. The van der Waals surface area contributed by atoms with Gasteiger partial charge >= 0.3 is 5.97 Å². The zero-order valence-electron chi connectivity index (χ0n) is 13.3. The molecule has 8 nitrogen and oxygen atoms in total. The highest BCUT2D eigenvalue weighted by molar-refractivity contribution is 5.74. The van der Waals surface area contributed by atoms with Crippen molar-refractivity contribution < 1.29 is 14.5 Å². The van der Waals surface area contributed by atoms with E-state index < -0.39 is 22.5 Å². The van der Waals surface area contributed by atoms with Crippen LogP contribution in [0.3, 0.4) is 0 Å². The van der Waals surface area contributed by atoms with Crippen molar-refractivity contribution in [3.63, 3.8) is 0 Å². The molecule has 24 heavy (non-hydrogen) atoms. The fourth-order valence-corrected chi connectivity index (χ4v) is 2.23. The molecule has 1 aromatic heterocycles. The maximum absolute atomic E-state index is 12.1. The maximum atomic E-state index is 12.1. The topological polar surface area (TPSA) is 104 Å². The molecule has 1 atom stereocenters. The van der Waals surface area contributed by atoms with E-state index >= 15 is 0 Å². The average molecular weight is 331 g/mol. The summed E-state index contributed by atoms with van der Waals surface area (Å²) in [5.41, 5.74) is 0.589. The minimum atomic E-state index is -0.810. The number of hydrogen-bond acceptors (Lipinski definition) is 6. The highest BCUT2D eigenvalue weighted by Crippen LogP contribution is 2.20. The van der Waals surface area contributed by atoms with Gasteiger partial charge in [-0.05, 0) is 31.5 Å². The van der Waals surface area contributed by atoms with Gasteiger partial charge in [0.05, 0.1) is 17.2 Å². The van der Waals surface area contributed by atoms with E-state index in [0.717, 1.165) is 4.68 Å². The van der Waals surface area contributed by atoms with Crippen molar-refractivity contribution in [1.29, 1.82) is 0 Å². The van der Waals surface area contributed by atoms with Crippen LogP contribution in [0, 0.1) is 10.1 Å². The first-order chi connectivity index (χ1) is 11.5. The fraction of sp³-hybridized carbons (Fsp3) is 0.312. The summed E-state index contributed by atoms with van der Waals surface area (Å²) in [6, 6.07) is 7.81. The molecule has 126 valence electrons. The molecule has 0 radical (unpaired) electrons. The normalized spacial score (nSPS) is 11.8. The van der Waals surface area contributed by atoms with Gasteiger partial charge in [0, 0.05) is 23.8 Å². The van der Waals surface area contributed by atoms with Crippen LogP contribution in [0.2, 0.25) is 0 Å². The average Bonchev–Trinajstić information content (AvgIpc) is 2.57. The van der Waals surface area contributed by atoms with Gasteiger partial charge < -0.3 is 4.74 Å². The van der Waals surface area contributed by atoms with Crippen LogP contribution in [0.25, 0.3) is 11.3 Å². The van der Waals surface area contributed by atoms with Gasteiger partial charge in [0.25, 0.3) is 11.2 Å². The molecular weight excluding hydrogens is 314 g/mol. The molecule has 0 N–H and O–H groups in total. The molecule has 0 unspecified atom stereocenters. The van der Waals surface area contributed by atoms with E-state index in [9.17, 15) is 19.7 Å². The molecule has 0 amide bonds. The largest absolute Gasteiger partial charge is 0.464 e. The minimum Gasteiger partial charge on any atom is -0.464 e. The Morgan fingerprint density at radius 2 is 1.92 bits per heavy atom. The van der Waals surface area contributed by atoms with Gasteiger partial charge in [-0.2, -0.15) is 5.10 Å². The van der Waals surface area contributed by atoms with Crippen molar-refractivity contribution in [2.75, 3.05) is 6.61 Å². The third kappa shape index (κ3) is 3.65. The molecule has 0 spiro atoms. The molecule has 8 heteroatoms. The Labute approximate surface area is 137 Å². The summed E-state index contributed by atoms with van der Waals surface area (Å²) in [6.45, 7) is 3.66. The Balaban J connectivity index is 2.42. The highest BCUT2D eigenvalue weighted by atomic mass is 16.6. The molecule has 0 bridgehead atoms. The number of nitrogens with zero attached hydrogens (tertiary/aromatic N) is 3. The highest BCUT2D eigenvalue weighted by Gasteiger charge is 2.22. The van der Waals surface area contributed by atoms with Crippen LogP contribution in [-0.4, -0.2) is 27.3 Å². The summed E-state index contributed by atoms with van der Waals surface area (Å²) in [7, 11) is 0. The molecule has 1 heterocycles. The fourth-order valence-electron chi connectivity index (χ4n) is 2.23. The lowest BCUT2D eigenvalue weighted by Crippen LogP contribution is -2.32. The Morgan fingerprint density at radius 3 is 2.46 bits per heavy atom. The number of non-ortho nitro benzene ring substituents is 1. The van der Waals surface area contributed by atoms with Gasteiger partial charge in [-0.1, -0.05) is 6.92 Å². The monoisotopic (exact) mass is 331 g/mol. The first-order valence-corrected chi connectivity index (χ1v) is 7.49. The van der Waals surface area contributed by atoms with Crippen molar-refractivity contribution in [2.45, 2.75) is 26.3 Å². The lowest BCUT2D eigenvalue weighted by molar-refractivity contribution is -0.384. The van der Waals surface area contributed by atoms with Gasteiger partial charge in [-0.25, -0.2) is 9.48 Å². The summed E-state index contributed by atoms with van der Waals surface area (Å²) in [5, 5.41) is 14.9. The third-order valence-corrected chi connectivity index (χ3v) is 3.44. The standard InChI is InChI=1S/C16H17N3O5/c1-3-14(16(21)24-4-2)18-15(20)10-9-13(17-18)11-5-7-12(8-6-11)19(22)23/h5-10,14H,3-4H2,1-2H3/t14-/m1/s1. The summed E-state index contributed by atoms with van der Waals surface area (Å²) in [6.07, 6.45) is 0.357. The Morgan fingerprint density at radius 1 is 1.25 bits per heavy atom. The zero-order chi connectivity index (χ0) is 17.7. The second kappa shape index (κ2) is 7.49. The number of carbonyl (C=O) groups excluding carboxylic acids is 1. The van der Waals surface area contributed by atoms with Crippen LogP contribution in [-0.2, 0) is 9.53 Å². The lowest BCUT2D eigenvalue weighted by Gasteiger charge is -2.16. The Bertz CT molecular complexity index is 798. The van der Waals surface area contributed by atoms with Crippen molar-refractivity contribution in [3.05, 3.63) is 56.9 Å². The van der Waals surface area contributed by atoms with Crippen LogP contribution in [0.1, 0.15) is 26.3 Å². The number of aromatic nitrogens is 2. The van der Waals surface area contributed by atoms with Crippen molar-refractivity contribution >= 4 is 11.7 Å². The first kappa shape index (κ1) is 17.3. The summed E-state index contributed by atoms with van der Waals surface area (Å²) in [4.78, 5) is 34.3. The molecule has 0 aliphatic rings. The molecular formula is C16H17N3O5. The maximum Gasteiger partial charge on any atom is 0.331 e. The molecule has 2 aromatic rings. The van der Waals surface area contributed by atoms with E-state index in [-0.39, 0.29) is 12.3 Å². The van der Waals surface area contributed by atoms with Crippen LogP contribution >= 0.6 is 0 Å². The van der Waals surface area contributed by atoms with E-state index in [4.69, 9.17) is 4.74 Å². The van der Waals surface area contributed by atoms with E-state index in [1.165, 1.54) is 24.3 Å². The third-order valence-electron chi connectivity index (χ3n) is 3.44. The van der Waals surface area contributed by atoms with Gasteiger partial charge in [0.1, 0.15) is 0 Å². The number of rotatable bonds is 6. The van der Waals surface area contributed by atoms with E-state index in [1.807, 2.05) is 0 Å². The second-order valence-electron chi connectivity index (χ2n) is 4.98. The predicted octanol–water partition coefficient (Wildman–Crippen LogP) is 2.33. The van der Waals surface area contributed by atoms with Crippen LogP contribution in [0.4, 0.5) is 5.69 Å². The predicted molar refractivity (Wildman–Crippen MR) is 86.5 cm³/mol. The smallest absolute Gasteiger partial charge is 0.331 e. The zero-order valence-corrected chi connectivity index (χ0v) is 13.3. The number of esters is 1. The minimum absolute atomic E-state index is 0.0370. The van der Waals surface area contributed by atoms with E-state index in [2.05, 4.69) is 5.10 Å². The molecule has 0 aliphatic carbocycles. The summed E-state index contributed by atoms with van der Waals surface area (Å²) < 4.78 is 6.07. The van der Waals surface area contributed by atoms with Gasteiger partial charge in [-0.15, -0.1) is 0 Å². The lowest BCUT2D eigenvalue weighted by atomic mass is 10.1. The number of carbonyl (C=O) groups is 1.